The van der Waals surface area contributed by atoms with Crippen LogP contribution in [-0.2, 0) is 22.7 Å². The number of thiophene rings is 1. The second-order valence-electron chi connectivity index (χ2n) is 7.26. The second-order valence-corrected chi connectivity index (χ2v) is 8.55. The van der Waals surface area contributed by atoms with Gasteiger partial charge >= 0.3 is 0 Å². The number of carbonyl (C=O) groups excluding carboxylic acids is 1. The lowest BCUT2D eigenvalue weighted by Crippen LogP contribution is -2.33. The van der Waals surface area contributed by atoms with Gasteiger partial charge in [-0.05, 0) is 29.7 Å². The molecule has 0 atom stereocenters. The fourth-order valence-corrected chi connectivity index (χ4v) is 4.33. The van der Waals surface area contributed by atoms with E-state index >= 15 is 0 Å². The standard InChI is InChI=1S/C24H22ClN3O3S/c25-19-9-7-18(8-10-19)20-15-32-23-22(20)24(30)28(16-27-23)13-21(29)26-11-4-12-31-14-17-5-2-1-3-6-17/h1-3,5-10,15-16H,4,11-14H2,(H,26,29). The summed E-state index contributed by atoms with van der Waals surface area (Å²) in [7, 11) is 0. The van der Waals surface area contributed by atoms with Crippen molar-refractivity contribution in [1.82, 2.24) is 14.9 Å². The average Bonchev–Trinajstić information content (AvgIpc) is 3.24. The van der Waals surface area contributed by atoms with E-state index in [1.54, 1.807) is 12.1 Å². The largest absolute Gasteiger partial charge is 0.377 e. The van der Waals surface area contributed by atoms with Gasteiger partial charge in [0.1, 0.15) is 11.4 Å². The first-order valence-corrected chi connectivity index (χ1v) is 11.5. The van der Waals surface area contributed by atoms with Crippen molar-refractivity contribution in [2.45, 2.75) is 19.6 Å². The lowest BCUT2D eigenvalue weighted by atomic mass is 10.1. The summed E-state index contributed by atoms with van der Waals surface area (Å²) in [6.07, 6.45) is 2.12. The molecule has 0 spiro atoms. The number of hydrogen-bond donors (Lipinski definition) is 1. The molecule has 2 aromatic heterocycles. The fourth-order valence-electron chi connectivity index (χ4n) is 3.30. The number of halogens is 1. The Morgan fingerprint density at radius 1 is 1.12 bits per heavy atom. The van der Waals surface area contributed by atoms with Crippen LogP contribution in [0.15, 0.2) is 71.1 Å². The molecule has 4 rings (SSSR count). The normalized spacial score (nSPS) is 11.0. The van der Waals surface area contributed by atoms with Crippen molar-refractivity contribution in [3.63, 3.8) is 0 Å². The van der Waals surface area contributed by atoms with E-state index < -0.39 is 0 Å². The quantitative estimate of drug-likeness (QED) is 0.368. The van der Waals surface area contributed by atoms with E-state index in [-0.39, 0.29) is 18.0 Å². The van der Waals surface area contributed by atoms with E-state index in [0.29, 0.717) is 41.4 Å². The van der Waals surface area contributed by atoms with Crippen LogP contribution in [0.25, 0.3) is 21.3 Å². The lowest BCUT2D eigenvalue weighted by Gasteiger charge is -2.08. The number of amides is 1. The van der Waals surface area contributed by atoms with Gasteiger partial charge in [0.2, 0.25) is 5.91 Å². The van der Waals surface area contributed by atoms with Gasteiger partial charge < -0.3 is 10.1 Å². The first-order chi connectivity index (χ1) is 15.6. The lowest BCUT2D eigenvalue weighted by molar-refractivity contribution is -0.121. The third-order valence-electron chi connectivity index (χ3n) is 4.93. The molecule has 2 heterocycles. The summed E-state index contributed by atoms with van der Waals surface area (Å²) < 4.78 is 6.96. The number of nitrogens with zero attached hydrogens (tertiary/aromatic N) is 2. The number of carbonyl (C=O) groups is 1. The molecule has 6 nitrogen and oxygen atoms in total. The average molecular weight is 468 g/mol. The molecule has 0 aliphatic carbocycles. The van der Waals surface area contributed by atoms with E-state index in [1.165, 1.54) is 22.2 Å². The molecule has 0 unspecified atom stereocenters. The minimum absolute atomic E-state index is 0.0808. The number of hydrogen-bond acceptors (Lipinski definition) is 5. The highest BCUT2D eigenvalue weighted by molar-refractivity contribution is 7.17. The van der Waals surface area contributed by atoms with Crippen molar-refractivity contribution in [1.29, 1.82) is 0 Å². The topological polar surface area (TPSA) is 73.2 Å². The molecule has 1 amide bonds. The van der Waals surface area contributed by atoms with E-state index in [1.807, 2.05) is 47.8 Å². The van der Waals surface area contributed by atoms with Gasteiger partial charge in [-0.1, -0.05) is 54.1 Å². The van der Waals surface area contributed by atoms with Gasteiger partial charge in [0.25, 0.3) is 5.56 Å². The summed E-state index contributed by atoms with van der Waals surface area (Å²) in [4.78, 5) is 30.4. The number of nitrogens with one attached hydrogen (secondary N) is 1. The number of aromatic nitrogens is 2. The molecule has 0 bridgehead atoms. The molecular formula is C24H22ClN3O3S. The number of benzene rings is 2. The van der Waals surface area contributed by atoms with Crippen molar-refractivity contribution >= 4 is 39.1 Å². The van der Waals surface area contributed by atoms with Crippen molar-refractivity contribution in [2.24, 2.45) is 0 Å². The maximum absolute atomic E-state index is 13.0. The monoisotopic (exact) mass is 467 g/mol. The molecule has 0 saturated heterocycles. The molecule has 0 saturated carbocycles. The zero-order valence-corrected chi connectivity index (χ0v) is 18.9. The molecule has 1 N–H and O–H groups in total. The van der Waals surface area contributed by atoms with E-state index in [0.717, 1.165) is 16.7 Å². The van der Waals surface area contributed by atoms with E-state index in [4.69, 9.17) is 16.3 Å². The minimum atomic E-state index is -0.236. The Kier molecular flexibility index (Phi) is 7.32. The fraction of sp³-hybridized carbons (Fsp3) is 0.208. The summed E-state index contributed by atoms with van der Waals surface area (Å²) in [6, 6.07) is 17.2. The SMILES string of the molecule is O=C(Cn1cnc2scc(-c3ccc(Cl)cc3)c2c1=O)NCCCOCc1ccccc1. The van der Waals surface area contributed by atoms with Crippen molar-refractivity contribution in [2.75, 3.05) is 13.2 Å². The van der Waals surface area contributed by atoms with Gasteiger partial charge in [-0.25, -0.2) is 4.98 Å². The van der Waals surface area contributed by atoms with Crippen molar-refractivity contribution in [3.8, 4) is 11.1 Å². The molecule has 0 aliphatic heterocycles. The molecule has 0 radical (unpaired) electrons. The summed E-state index contributed by atoms with van der Waals surface area (Å²) >= 11 is 7.38. The van der Waals surface area contributed by atoms with Crippen LogP contribution < -0.4 is 10.9 Å². The van der Waals surface area contributed by atoms with Gasteiger partial charge in [0, 0.05) is 29.1 Å². The van der Waals surface area contributed by atoms with Gasteiger partial charge in [-0.3, -0.25) is 14.2 Å². The Morgan fingerprint density at radius 3 is 2.69 bits per heavy atom. The molecule has 164 valence electrons. The molecule has 0 fully saturated rings. The zero-order chi connectivity index (χ0) is 22.3. The number of rotatable bonds is 9. The highest BCUT2D eigenvalue weighted by Crippen LogP contribution is 2.31. The summed E-state index contributed by atoms with van der Waals surface area (Å²) in [5, 5.41) is 5.88. The highest BCUT2D eigenvalue weighted by Gasteiger charge is 2.14. The molecular weight excluding hydrogens is 446 g/mol. The molecule has 4 aromatic rings. The maximum atomic E-state index is 13.0. The third-order valence-corrected chi connectivity index (χ3v) is 6.07. The summed E-state index contributed by atoms with van der Waals surface area (Å²) in [5.41, 5.74) is 2.56. The Hall–Kier alpha value is -3.00. The number of ether oxygens (including phenoxy) is 1. The Bertz CT molecular complexity index is 1250. The molecule has 32 heavy (non-hydrogen) atoms. The Labute approximate surface area is 194 Å². The van der Waals surface area contributed by atoms with Gasteiger partial charge in [0.15, 0.2) is 0 Å². The Morgan fingerprint density at radius 2 is 1.91 bits per heavy atom. The van der Waals surface area contributed by atoms with E-state index in [9.17, 15) is 9.59 Å². The highest BCUT2D eigenvalue weighted by atomic mass is 35.5. The van der Waals surface area contributed by atoms with Crippen LogP contribution >= 0.6 is 22.9 Å². The van der Waals surface area contributed by atoms with Crippen LogP contribution in [0.5, 0.6) is 0 Å². The van der Waals surface area contributed by atoms with E-state index in [2.05, 4.69) is 10.3 Å². The molecule has 0 aliphatic rings. The third kappa shape index (κ3) is 5.43. The first-order valence-electron chi connectivity index (χ1n) is 10.2. The maximum Gasteiger partial charge on any atom is 0.263 e. The predicted molar refractivity (Wildman–Crippen MR) is 128 cm³/mol. The number of fused-ring (bicyclic) bond motifs is 1. The van der Waals surface area contributed by atoms with Crippen LogP contribution in [0.1, 0.15) is 12.0 Å². The van der Waals surface area contributed by atoms with Crippen LogP contribution in [0.2, 0.25) is 5.02 Å². The van der Waals surface area contributed by atoms with Gasteiger partial charge in [-0.2, -0.15) is 0 Å². The zero-order valence-electron chi connectivity index (χ0n) is 17.3. The van der Waals surface area contributed by atoms with Crippen molar-refractivity contribution in [3.05, 3.63) is 87.2 Å². The second kappa shape index (κ2) is 10.5. The minimum Gasteiger partial charge on any atom is -0.377 e. The van der Waals surface area contributed by atoms with Gasteiger partial charge in [0.05, 0.1) is 18.3 Å². The summed E-state index contributed by atoms with van der Waals surface area (Å²) in [5.74, 6) is -0.236. The first kappa shape index (κ1) is 22.2. The summed E-state index contributed by atoms with van der Waals surface area (Å²) in [6.45, 7) is 1.49. The van der Waals surface area contributed by atoms with Crippen LogP contribution in [0, 0.1) is 0 Å². The predicted octanol–water partition coefficient (Wildman–Crippen LogP) is 4.50. The molecule has 8 heteroatoms. The smallest absolute Gasteiger partial charge is 0.263 e. The van der Waals surface area contributed by atoms with Crippen LogP contribution in [0.3, 0.4) is 0 Å². The van der Waals surface area contributed by atoms with Crippen molar-refractivity contribution < 1.29 is 9.53 Å². The molecule has 2 aromatic carbocycles. The Balaban J connectivity index is 1.33. The van der Waals surface area contributed by atoms with Crippen LogP contribution in [0.4, 0.5) is 0 Å². The van der Waals surface area contributed by atoms with Gasteiger partial charge in [-0.15, -0.1) is 11.3 Å². The van der Waals surface area contributed by atoms with Crippen LogP contribution in [-0.4, -0.2) is 28.6 Å².